The second-order valence-corrected chi connectivity index (χ2v) is 8.36. The molecule has 1 amide bonds. The number of nitrogens with zero attached hydrogens (tertiary/aromatic N) is 1. The summed E-state index contributed by atoms with van der Waals surface area (Å²) in [6, 6.07) is 15.0. The van der Waals surface area contributed by atoms with Gasteiger partial charge >= 0.3 is 0 Å². The van der Waals surface area contributed by atoms with E-state index in [1.165, 1.54) is 0 Å². The zero-order chi connectivity index (χ0) is 21.7. The molecule has 1 unspecified atom stereocenters. The Labute approximate surface area is 188 Å². The molecule has 1 fully saturated rings. The molecule has 4 atom stereocenters. The van der Waals surface area contributed by atoms with Crippen molar-refractivity contribution in [1.29, 1.82) is 0 Å². The van der Waals surface area contributed by atoms with Crippen LogP contribution in [0, 0.1) is 0 Å². The molecular formula is C24H28Cl2N2O2. The number of hydrogen-bond donors (Lipinski definition) is 1. The Morgan fingerprint density at radius 2 is 1.90 bits per heavy atom. The molecule has 0 radical (unpaired) electrons. The molecule has 0 spiro atoms. The maximum Gasteiger partial charge on any atom is 0.252 e. The smallest absolute Gasteiger partial charge is 0.252 e. The molecule has 1 N–H and O–H groups in total. The summed E-state index contributed by atoms with van der Waals surface area (Å²) in [5.41, 5.74) is 1.91. The van der Waals surface area contributed by atoms with Gasteiger partial charge in [0.25, 0.3) is 5.91 Å². The van der Waals surface area contributed by atoms with Crippen LogP contribution in [0.2, 0.25) is 10.0 Å². The average Bonchev–Trinajstić information content (AvgIpc) is 2.74. The van der Waals surface area contributed by atoms with Crippen LogP contribution in [-0.2, 0) is 9.53 Å². The Hall–Kier alpha value is -1.85. The lowest BCUT2D eigenvalue weighted by Crippen LogP contribution is -2.56. The summed E-state index contributed by atoms with van der Waals surface area (Å²) in [5.74, 6) is -0.0183. The van der Waals surface area contributed by atoms with Crippen LogP contribution in [0.25, 0.3) is 0 Å². The molecule has 1 heterocycles. The van der Waals surface area contributed by atoms with Gasteiger partial charge in [0.1, 0.15) is 12.2 Å². The predicted molar refractivity (Wildman–Crippen MR) is 123 cm³/mol. The third kappa shape index (κ3) is 4.89. The zero-order valence-corrected chi connectivity index (χ0v) is 18.9. The lowest BCUT2D eigenvalue weighted by molar-refractivity contribution is -0.178. The maximum atomic E-state index is 13.6. The standard InChI is InChI=1S/C24H28Cl2N2O2/c1-4-7-21-24(29)28(20(5-2)15-27-3)22(16-10-12-18(25)13-11-16)23(30-21)17-8-6-9-19(26)14-17/h4,6,8-14,20-23,27H,1,5,7,15H2,2-3H3/t20?,21-,22+,23+/m0/s1. The molecule has 0 aromatic heterocycles. The van der Waals surface area contributed by atoms with E-state index in [0.29, 0.717) is 23.0 Å². The van der Waals surface area contributed by atoms with E-state index in [2.05, 4.69) is 18.8 Å². The first-order valence-electron chi connectivity index (χ1n) is 10.2. The SMILES string of the molecule is C=CC[C@@H]1O[C@H](c2cccc(Cl)c2)[C@@H](c2ccc(Cl)cc2)N(C(CC)CNC)C1=O. The van der Waals surface area contributed by atoms with Crippen molar-refractivity contribution >= 4 is 29.1 Å². The van der Waals surface area contributed by atoms with Crippen molar-refractivity contribution in [3.8, 4) is 0 Å². The first-order chi connectivity index (χ1) is 14.5. The van der Waals surface area contributed by atoms with Crippen LogP contribution in [0.1, 0.15) is 43.0 Å². The predicted octanol–water partition coefficient (Wildman–Crippen LogP) is 5.58. The van der Waals surface area contributed by atoms with E-state index in [1.54, 1.807) is 6.08 Å². The number of nitrogens with one attached hydrogen (secondary N) is 1. The van der Waals surface area contributed by atoms with Crippen molar-refractivity contribution in [2.45, 2.75) is 44.1 Å². The van der Waals surface area contributed by atoms with E-state index >= 15 is 0 Å². The highest BCUT2D eigenvalue weighted by Gasteiger charge is 2.45. The number of carbonyl (C=O) groups is 1. The van der Waals surface area contributed by atoms with Gasteiger partial charge < -0.3 is 15.0 Å². The molecule has 2 aromatic carbocycles. The molecule has 30 heavy (non-hydrogen) atoms. The van der Waals surface area contributed by atoms with Crippen LogP contribution < -0.4 is 5.32 Å². The molecule has 160 valence electrons. The van der Waals surface area contributed by atoms with Crippen LogP contribution in [0.5, 0.6) is 0 Å². The second kappa shape index (κ2) is 10.5. The van der Waals surface area contributed by atoms with Crippen molar-refractivity contribution in [3.63, 3.8) is 0 Å². The second-order valence-electron chi connectivity index (χ2n) is 7.49. The third-order valence-electron chi connectivity index (χ3n) is 5.50. The Kier molecular flexibility index (Phi) is 7.95. The summed E-state index contributed by atoms with van der Waals surface area (Å²) in [6.45, 7) is 6.60. The number of likely N-dealkylation sites (N-methyl/N-ethyl adjacent to an activating group) is 1. The molecule has 0 saturated carbocycles. The van der Waals surface area contributed by atoms with Gasteiger partial charge in [-0.05, 0) is 48.9 Å². The van der Waals surface area contributed by atoms with Crippen LogP contribution in [-0.4, -0.2) is 36.5 Å². The Balaban J connectivity index is 2.16. The molecule has 0 aliphatic carbocycles. The Morgan fingerprint density at radius 3 is 2.50 bits per heavy atom. The Bertz CT molecular complexity index is 872. The van der Waals surface area contributed by atoms with Crippen molar-refractivity contribution in [2.75, 3.05) is 13.6 Å². The first-order valence-corrected chi connectivity index (χ1v) is 11.0. The largest absolute Gasteiger partial charge is 0.358 e. The number of ether oxygens (including phenoxy) is 1. The van der Waals surface area contributed by atoms with Gasteiger partial charge in [-0.1, -0.05) is 60.5 Å². The van der Waals surface area contributed by atoms with Gasteiger partial charge in [0.2, 0.25) is 0 Å². The van der Waals surface area contributed by atoms with Crippen LogP contribution in [0.4, 0.5) is 0 Å². The van der Waals surface area contributed by atoms with E-state index in [-0.39, 0.29) is 24.1 Å². The monoisotopic (exact) mass is 446 g/mol. The highest BCUT2D eigenvalue weighted by atomic mass is 35.5. The summed E-state index contributed by atoms with van der Waals surface area (Å²) in [4.78, 5) is 15.5. The minimum atomic E-state index is -0.582. The van der Waals surface area contributed by atoms with Crippen molar-refractivity contribution in [1.82, 2.24) is 10.2 Å². The van der Waals surface area contributed by atoms with E-state index in [0.717, 1.165) is 17.5 Å². The van der Waals surface area contributed by atoms with Gasteiger partial charge in [0.05, 0.1) is 6.04 Å². The van der Waals surface area contributed by atoms with Crippen molar-refractivity contribution in [3.05, 3.63) is 82.4 Å². The first kappa shape index (κ1) is 22.8. The number of hydrogen-bond acceptors (Lipinski definition) is 3. The summed E-state index contributed by atoms with van der Waals surface area (Å²) < 4.78 is 6.41. The number of benzene rings is 2. The highest BCUT2D eigenvalue weighted by Crippen LogP contribution is 2.44. The van der Waals surface area contributed by atoms with Crippen LogP contribution in [0.3, 0.4) is 0 Å². The van der Waals surface area contributed by atoms with Gasteiger partial charge in [-0.15, -0.1) is 6.58 Å². The number of morpholine rings is 1. The topological polar surface area (TPSA) is 41.6 Å². The molecule has 6 heteroatoms. The van der Waals surface area contributed by atoms with Gasteiger partial charge in [0, 0.05) is 29.1 Å². The summed E-state index contributed by atoms with van der Waals surface area (Å²) in [7, 11) is 1.90. The highest BCUT2D eigenvalue weighted by molar-refractivity contribution is 6.30. The van der Waals surface area contributed by atoms with Gasteiger partial charge in [-0.25, -0.2) is 0 Å². The number of rotatable bonds is 8. The normalized spacial score (nSPS) is 22.7. The van der Waals surface area contributed by atoms with Crippen LogP contribution >= 0.6 is 23.2 Å². The Morgan fingerprint density at radius 1 is 1.17 bits per heavy atom. The van der Waals surface area contributed by atoms with Gasteiger partial charge in [-0.3, -0.25) is 4.79 Å². The van der Waals surface area contributed by atoms with Crippen LogP contribution in [0.15, 0.2) is 61.2 Å². The molecular weight excluding hydrogens is 419 g/mol. The quantitative estimate of drug-likeness (QED) is 0.538. The molecule has 2 aromatic rings. The fraction of sp³-hybridized carbons (Fsp3) is 0.375. The van der Waals surface area contributed by atoms with E-state index < -0.39 is 6.10 Å². The summed E-state index contributed by atoms with van der Waals surface area (Å²) in [5, 5.41) is 4.52. The van der Waals surface area contributed by atoms with Crippen molar-refractivity contribution < 1.29 is 9.53 Å². The summed E-state index contributed by atoms with van der Waals surface area (Å²) in [6.07, 6.45) is 2.06. The molecule has 4 nitrogen and oxygen atoms in total. The fourth-order valence-corrected chi connectivity index (χ4v) is 4.41. The van der Waals surface area contributed by atoms with E-state index in [1.807, 2.05) is 60.5 Å². The number of amides is 1. The number of halogens is 2. The average molecular weight is 447 g/mol. The molecule has 3 rings (SSSR count). The third-order valence-corrected chi connectivity index (χ3v) is 5.99. The van der Waals surface area contributed by atoms with Crippen molar-refractivity contribution in [2.24, 2.45) is 0 Å². The zero-order valence-electron chi connectivity index (χ0n) is 17.4. The van der Waals surface area contributed by atoms with Gasteiger partial charge in [-0.2, -0.15) is 0 Å². The molecule has 0 bridgehead atoms. The van der Waals surface area contributed by atoms with Gasteiger partial charge in [0.15, 0.2) is 0 Å². The van der Waals surface area contributed by atoms with E-state index in [9.17, 15) is 4.79 Å². The molecule has 1 aliphatic heterocycles. The molecule has 1 aliphatic rings. The minimum absolute atomic E-state index is 0.0149. The molecule has 1 saturated heterocycles. The summed E-state index contributed by atoms with van der Waals surface area (Å²) >= 11 is 12.4. The lowest BCUT2D eigenvalue weighted by Gasteiger charge is -2.48. The van der Waals surface area contributed by atoms with E-state index in [4.69, 9.17) is 27.9 Å². The fourth-order valence-electron chi connectivity index (χ4n) is 4.09. The maximum absolute atomic E-state index is 13.6. The number of carbonyl (C=O) groups excluding carboxylic acids is 1. The lowest BCUT2D eigenvalue weighted by atomic mass is 9.89. The minimum Gasteiger partial charge on any atom is -0.358 e.